The SMILES string of the molecule is CNC(=O)c1ccc(CN(C)C(=O)CN2C(=O)N[C@@]3(C[C@@H](C)CC(C)(C)C3)C2=O)cc1. The molecule has 2 aliphatic rings. The number of carbonyl (C=O) groups excluding carboxylic acids is 4. The fourth-order valence-electron chi connectivity index (χ4n) is 5.17. The molecule has 0 unspecified atom stereocenters. The Morgan fingerprint density at radius 3 is 2.42 bits per heavy atom. The monoisotopic (exact) mass is 428 g/mol. The second kappa shape index (κ2) is 8.32. The summed E-state index contributed by atoms with van der Waals surface area (Å²) < 4.78 is 0. The second-order valence-corrected chi connectivity index (χ2v) is 9.78. The Bertz CT molecular complexity index is 895. The largest absolute Gasteiger partial charge is 0.355 e. The number of carbonyl (C=O) groups is 4. The second-order valence-electron chi connectivity index (χ2n) is 9.78. The summed E-state index contributed by atoms with van der Waals surface area (Å²) in [6.07, 6.45) is 2.17. The Kier molecular flexibility index (Phi) is 6.11. The van der Waals surface area contributed by atoms with Crippen molar-refractivity contribution in [3.63, 3.8) is 0 Å². The zero-order valence-corrected chi connectivity index (χ0v) is 18.9. The molecule has 1 aliphatic carbocycles. The number of nitrogens with zero attached hydrogens (tertiary/aromatic N) is 2. The van der Waals surface area contributed by atoms with Gasteiger partial charge in [0.05, 0.1) is 0 Å². The van der Waals surface area contributed by atoms with Gasteiger partial charge in [0, 0.05) is 26.2 Å². The lowest BCUT2D eigenvalue weighted by atomic mass is 9.64. The van der Waals surface area contributed by atoms with E-state index in [2.05, 4.69) is 31.4 Å². The maximum absolute atomic E-state index is 13.2. The van der Waals surface area contributed by atoms with Crippen molar-refractivity contribution in [3.8, 4) is 0 Å². The summed E-state index contributed by atoms with van der Waals surface area (Å²) in [5.74, 6) is -0.486. The molecule has 1 aliphatic heterocycles. The molecule has 5 amide bonds. The number of hydrogen-bond acceptors (Lipinski definition) is 4. The zero-order chi connectivity index (χ0) is 23.0. The van der Waals surface area contributed by atoms with Crippen LogP contribution in [0.25, 0.3) is 0 Å². The van der Waals surface area contributed by atoms with Gasteiger partial charge in [0.15, 0.2) is 0 Å². The van der Waals surface area contributed by atoms with Crippen LogP contribution in [0.15, 0.2) is 24.3 Å². The topological polar surface area (TPSA) is 98.8 Å². The average Bonchev–Trinajstić information content (AvgIpc) is 2.89. The number of hydrogen-bond donors (Lipinski definition) is 2. The lowest BCUT2D eigenvalue weighted by Crippen LogP contribution is -2.54. The van der Waals surface area contributed by atoms with E-state index in [1.807, 2.05) is 0 Å². The molecule has 0 radical (unpaired) electrons. The van der Waals surface area contributed by atoms with Gasteiger partial charge < -0.3 is 15.5 Å². The molecule has 168 valence electrons. The Morgan fingerprint density at radius 1 is 1.19 bits per heavy atom. The molecule has 3 rings (SSSR count). The van der Waals surface area contributed by atoms with Gasteiger partial charge in [0.25, 0.3) is 11.8 Å². The van der Waals surface area contributed by atoms with E-state index in [0.717, 1.165) is 16.9 Å². The van der Waals surface area contributed by atoms with Crippen LogP contribution in [0, 0.1) is 11.3 Å². The van der Waals surface area contributed by atoms with Crippen LogP contribution in [0.5, 0.6) is 0 Å². The highest BCUT2D eigenvalue weighted by molar-refractivity contribution is 6.09. The van der Waals surface area contributed by atoms with Crippen LogP contribution in [-0.2, 0) is 16.1 Å². The van der Waals surface area contributed by atoms with Gasteiger partial charge in [-0.1, -0.05) is 32.9 Å². The number of likely N-dealkylation sites (N-methyl/N-ethyl adjacent to an activating group) is 1. The minimum Gasteiger partial charge on any atom is -0.355 e. The molecule has 1 aromatic rings. The van der Waals surface area contributed by atoms with E-state index < -0.39 is 11.6 Å². The molecule has 8 heteroatoms. The number of imide groups is 1. The van der Waals surface area contributed by atoms with Gasteiger partial charge in [-0.25, -0.2) is 4.79 Å². The summed E-state index contributed by atoms with van der Waals surface area (Å²) in [5, 5.41) is 5.46. The summed E-state index contributed by atoms with van der Waals surface area (Å²) in [7, 11) is 3.20. The smallest absolute Gasteiger partial charge is 0.325 e. The molecule has 8 nitrogen and oxygen atoms in total. The lowest BCUT2D eigenvalue weighted by molar-refractivity contribution is -0.140. The molecule has 0 aromatic heterocycles. The molecule has 1 saturated carbocycles. The predicted molar refractivity (Wildman–Crippen MR) is 116 cm³/mol. The third kappa shape index (κ3) is 4.73. The number of amides is 5. The van der Waals surface area contributed by atoms with E-state index >= 15 is 0 Å². The van der Waals surface area contributed by atoms with Crippen LogP contribution in [0.4, 0.5) is 4.79 Å². The fraction of sp³-hybridized carbons (Fsp3) is 0.565. The zero-order valence-electron chi connectivity index (χ0n) is 18.9. The number of urea groups is 1. The van der Waals surface area contributed by atoms with Crippen LogP contribution in [0.3, 0.4) is 0 Å². The van der Waals surface area contributed by atoms with Crippen LogP contribution in [-0.4, -0.2) is 59.7 Å². The number of rotatable bonds is 5. The van der Waals surface area contributed by atoms with E-state index in [9.17, 15) is 19.2 Å². The van der Waals surface area contributed by atoms with Crippen LogP contribution in [0.1, 0.15) is 56.0 Å². The predicted octanol–water partition coefficient (Wildman–Crippen LogP) is 2.14. The molecule has 0 bridgehead atoms. The van der Waals surface area contributed by atoms with Gasteiger partial charge >= 0.3 is 6.03 Å². The third-order valence-corrected chi connectivity index (χ3v) is 6.21. The van der Waals surface area contributed by atoms with Gasteiger partial charge in [0.2, 0.25) is 5.91 Å². The van der Waals surface area contributed by atoms with E-state index in [1.54, 1.807) is 38.4 Å². The summed E-state index contributed by atoms with van der Waals surface area (Å²) in [5.41, 5.74) is 0.417. The lowest BCUT2D eigenvalue weighted by Gasteiger charge is -2.43. The summed E-state index contributed by atoms with van der Waals surface area (Å²) in [4.78, 5) is 52.8. The standard InChI is InChI=1S/C23H32N4O4/c1-15-10-22(2,3)14-23(11-15)20(30)27(21(31)25-23)13-18(28)26(5)12-16-6-8-17(9-7-16)19(29)24-4/h6-9,15H,10-14H2,1-5H3,(H,24,29)(H,25,31)/t15-,23+/m0/s1. The molecule has 2 atom stereocenters. The minimum atomic E-state index is -0.910. The van der Waals surface area contributed by atoms with Crippen molar-refractivity contribution in [3.05, 3.63) is 35.4 Å². The third-order valence-electron chi connectivity index (χ3n) is 6.21. The van der Waals surface area contributed by atoms with Gasteiger partial charge in [-0.15, -0.1) is 0 Å². The Balaban J connectivity index is 1.65. The highest BCUT2D eigenvalue weighted by Crippen LogP contribution is 2.46. The average molecular weight is 429 g/mol. The van der Waals surface area contributed by atoms with Crippen molar-refractivity contribution in [1.29, 1.82) is 0 Å². The first-order valence-corrected chi connectivity index (χ1v) is 10.7. The molecular formula is C23H32N4O4. The minimum absolute atomic E-state index is 0.0573. The maximum atomic E-state index is 13.2. The molecule has 2 N–H and O–H groups in total. The van der Waals surface area contributed by atoms with Crippen molar-refractivity contribution in [2.45, 2.75) is 52.1 Å². The summed E-state index contributed by atoms with van der Waals surface area (Å²) in [6, 6.07) is 6.45. The Hall–Kier alpha value is -2.90. The summed E-state index contributed by atoms with van der Waals surface area (Å²) >= 11 is 0. The van der Waals surface area contributed by atoms with Crippen molar-refractivity contribution < 1.29 is 19.2 Å². The van der Waals surface area contributed by atoms with Gasteiger partial charge in [-0.2, -0.15) is 0 Å². The van der Waals surface area contributed by atoms with Crippen molar-refractivity contribution in [1.82, 2.24) is 20.4 Å². The van der Waals surface area contributed by atoms with Crippen LogP contribution in [0.2, 0.25) is 0 Å². The molecule has 1 saturated heterocycles. The first kappa shape index (κ1) is 22.8. The van der Waals surface area contributed by atoms with Crippen molar-refractivity contribution in [2.24, 2.45) is 11.3 Å². The normalized spacial score (nSPS) is 24.8. The van der Waals surface area contributed by atoms with Crippen molar-refractivity contribution in [2.75, 3.05) is 20.6 Å². The van der Waals surface area contributed by atoms with Crippen molar-refractivity contribution >= 4 is 23.8 Å². The van der Waals surface area contributed by atoms with Crippen LogP contribution >= 0.6 is 0 Å². The van der Waals surface area contributed by atoms with Crippen LogP contribution < -0.4 is 10.6 Å². The highest BCUT2D eigenvalue weighted by Gasteiger charge is 2.56. The number of nitrogens with one attached hydrogen (secondary N) is 2. The Morgan fingerprint density at radius 2 is 1.84 bits per heavy atom. The summed E-state index contributed by atoms with van der Waals surface area (Å²) in [6.45, 7) is 6.35. The van der Waals surface area contributed by atoms with E-state index in [0.29, 0.717) is 30.9 Å². The van der Waals surface area contributed by atoms with Gasteiger partial charge in [-0.05, 0) is 48.3 Å². The van der Waals surface area contributed by atoms with E-state index in [-0.39, 0.29) is 29.7 Å². The van der Waals surface area contributed by atoms with E-state index in [4.69, 9.17) is 0 Å². The molecule has 31 heavy (non-hydrogen) atoms. The molecular weight excluding hydrogens is 396 g/mol. The highest BCUT2D eigenvalue weighted by atomic mass is 16.2. The quantitative estimate of drug-likeness (QED) is 0.702. The molecule has 1 aromatic carbocycles. The Labute approximate surface area is 183 Å². The first-order valence-electron chi connectivity index (χ1n) is 10.7. The van der Waals surface area contributed by atoms with Gasteiger partial charge in [0.1, 0.15) is 12.1 Å². The van der Waals surface area contributed by atoms with E-state index in [1.165, 1.54) is 4.90 Å². The maximum Gasteiger partial charge on any atom is 0.325 e. The molecule has 2 fully saturated rings. The number of benzene rings is 1. The fourth-order valence-corrected chi connectivity index (χ4v) is 5.17. The van der Waals surface area contributed by atoms with Gasteiger partial charge in [-0.3, -0.25) is 19.3 Å². The molecule has 1 spiro atoms. The molecule has 1 heterocycles. The first-order chi connectivity index (χ1) is 14.5.